The summed E-state index contributed by atoms with van der Waals surface area (Å²) in [5.74, 6) is 0.601. The third-order valence-corrected chi connectivity index (χ3v) is 7.04. The van der Waals surface area contributed by atoms with Crippen molar-refractivity contribution in [2.75, 3.05) is 31.3 Å². The standard InChI is InChI=1S/C18H20ClF3N4O4S2/c1-25(2)16-9-12(18(20,21)22)10-17(24-16)31-8-4-3-7-23-32(29,30)15-11-13(26(27)28)5-6-14(15)19/h5-6,9-11,23H,3-4,7-8H2,1-2H3. The van der Waals surface area contributed by atoms with E-state index in [-0.39, 0.29) is 22.4 Å². The van der Waals surface area contributed by atoms with Crippen molar-refractivity contribution in [3.8, 4) is 0 Å². The molecule has 0 radical (unpaired) electrons. The van der Waals surface area contributed by atoms with Gasteiger partial charge < -0.3 is 4.90 Å². The number of anilines is 1. The zero-order valence-corrected chi connectivity index (χ0v) is 19.4. The molecule has 0 spiro atoms. The minimum atomic E-state index is -4.49. The van der Waals surface area contributed by atoms with Crippen LogP contribution in [0.1, 0.15) is 18.4 Å². The lowest BCUT2D eigenvalue weighted by atomic mass is 10.2. The Morgan fingerprint density at radius 2 is 1.91 bits per heavy atom. The van der Waals surface area contributed by atoms with Crippen LogP contribution in [-0.4, -0.2) is 44.7 Å². The predicted octanol–water partition coefficient (Wildman–Crippen LogP) is 4.58. The van der Waals surface area contributed by atoms with Gasteiger partial charge in [-0.3, -0.25) is 10.1 Å². The van der Waals surface area contributed by atoms with E-state index in [0.717, 1.165) is 42.1 Å². The number of benzene rings is 1. The summed E-state index contributed by atoms with van der Waals surface area (Å²) in [6.45, 7) is 0.0287. The quantitative estimate of drug-likeness (QED) is 0.215. The van der Waals surface area contributed by atoms with Crippen LogP contribution in [0.4, 0.5) is 24.7 Å². The average Bonchev–Trinajstić information content (AvgIpc) is 2.69. The predicted molar refractivity (Wildman–Crippen MR) is 117 cm³/mol. The monoisotopic (exact) mass is 512 g/mol. The molecule has 0 atom stereocenters. The molecule has 0 aliphatic carbocycles. The summed E-state index contributed by atoms with van der Waals surface area (Å²) in [5.41, 5.74) is -1.20. The molecule has 0 saturated carbocycles. The van der Waals surface area contributed by atoms with Crippen LogP contribution in [0, 0.1) is 10.1 Å². The number of pyridine rings is 1. The number of hydrogen-bond acceptors (Lipinski definition) is 7. The van der Waals surface area contributed by atoms with E-state index in [4.69, 9.17) is 11.6 Å². The molecular weight excluding hydrogens is 493 g/mol. The number of unbranched alkanes of at least 4 members (excludes halogenated alkanes) is 1. The number of hydrogen-bond donors (Lipinski definition) is 1. The van der Waals surface area contributed by atoms with E-state index >= 15 is 0 Å². The molecule has 0 bridgehead atoms. The van der Waals surface area contributed by atoms with E-state index in [1.165, 1.54) is 4.90 Å². The highest BCUT2D eigenvalue weighted by atomic mass is 35.5. The number of non-ortho nitro benzene ring substituents is 1. The number of nitro benzene ring substituents is 1. The summed E-state index contributed by atoms with van der Waals surface area (Å²) in [5, 5.41) is 10.9. The molecule has 32 heavy (non-hydrogen) atoms. The van der Waals surface area contributed by atoms with Gasteiger partial charge in [0.2, 0.25) is 10.0 Å². The Bertz CT molecular complexity index is 1080. The Balaban J connectivity index is 1.92. The Kier molecular flexibility index (Phi) is 8.74. The van der Waals surface area contributed by atoms with Crippen LogP contribution < -0.4 is 9.62 Å². The first kappa shape index (κ1) is 26.2. The summed E-state index contributed by atoms with van der Waals surface area (Å²) in [4.78, 5) is 15.4. The van der Waals surface area contributed by atoms with Gasteiger partial charge in [0.1, 0.15) is 10.7 Å². The van der Waals surface area contributed by atoms with Crippen LogP contribution in [0.5, 0.6) is 0 Å². The largest absolute Gasteiger partial charge is 0.416 e. The third-order valence-electron chi connectivity index (χ3n) is 4.10. The summed E-state index contributed by atoms with van der Waals surface area (Å²) in [7, 11) is -0.872. The van der Waals surface area contributed by atoms with E-state index in [1.54, 1.807) is 14.1 Å². The zero-order chi connectivity index (χ0) is 24.1. The molecule has 1 aromatic heterocycles. The Hall–Kier alpha value is -2.09. The fourth-order valence-electron chi connectivity index (χ4n) is 2.46. The fourth-order valence-corrected chi connectivity index (χ4v) is 4.98. The van der Waals surface area contributed by atoms with Gasteiger partial charge in [0.25, 0.3) is 5.69 Å². The van der Waals surface area contributed by atoms with Crippen molar-refractivity contribution in [1.29, 1.82) is 0 Å². The average molecular weight is 513 g/mol. The van der Waals surface area contributed by atoms with E-state index < -0.39 is 37.3 Å². The number of nitro groups is 1. The van der Waals surface area contributed by atoms with E-state index in [2.05, 4.69) is 9.71 Å². The van der Waals surface area contributed by atoms with Gasteiger partial charge in [0, 0.05) is 32.8 Å². The minimum absolute atomic E-state index is 0.0287. The second-order valence-corrected chi connectivity index (χ2v) is 10.0. The summed E-state index contributed by atoms with van der Waals surface area (Å²) < 4.78 is 66.3. The van der Waals surface area contributed by atoms with Crippen molar-refractivity contribution in [2.24, 2.45) is 0 Å². The Labute approximate surface area is 192 Å². The summed E-state index contributed by atoms with van der Waals surface area (Å²) in [6, 6.07) is 5.06. The molecule has 2 rings (SSSR count). The van der Waals surface area contributed by atoms with Crippen molar-refractivity contribution in [1.82, 2.24) is 9.71 Å². The number of sulfonamides is 1. The fraction of sp³-hybridized carbons (Fsp3) is 0.389. The lowest BCUT2D eigenvalue weighted by Crippen LogP contribution is -2.25. The van der Waals surface area contributed by atoms with Gasteiger partial charge in [-0.25, -0.2) is 18.1 Å². The van der Waals surface area contributed by atoms with Gasteiger partial charge in [-0.05, 0) is 36.8 Å². The van der Waals surface area contributed by atoms with Crippen LogP contribution in [0.2, 0.25) is 5.02 Å². The number of nitrogens with one attached hydrogen (secondary N) is 1. The molecule has 0 aliphatic heterocycles. The van der Waals surface area contributed by atoms with Gasteiger partial charge in [0.15, 0.2) is 0 Å². The Morgan fingerprint density at radius 1 is 1.22 bits per heavy atom. The molecule has 1 N–H and O–H groups in total. The van der Waals surface area contributed by atoms with Crippen LogP contribution in [-0.2, 0) is 16.2 Å². The molecular formula is C18H20ClF3N4O4S2. The van der Waals surface area contributed by atoms with Crippen molar-refractivity contribution >= 4 is 44.9 Å². The molecule has 176 valence electrons. The van der Waals surface area contributed by atoms with E-state index in [0.29, 0.717) is 18.6 Å². The number of alkyl halides is 3. The van der Waals surface area contributed by atoms with E-state index in [1.807, 2.05) is 0 Å². The highest BCUT2D eigenvalue weighted by Crippen LogP contribution is 2.34. The molecule has 1 aromatic carbocycles. The van der Waals surface area contributed by atoms with Crippen LogP contribution in [0.25, 0.3) is 0 Å². The molecule has 8 nitrogen and oxygen atoms in total. The number of aromatic nitrogens is 1. The second kappa shape index (κ2) is 10.7. The van der Waals surface area contributed by atoms with Crippen molar-refractivity contribution < 1.29 is 26.5 Å². The molecule has 2 aromatic rings. The molecule has 14 heteroatoms. The summed E-state index contributed by atoms with van der Waals surface area (Å²) in [6.07, 6.45) is -3.61. The minimum Gasteiger partial charge on any atom is -0.363 e. The van der Waals surface area contributed by atoms with Crippen molar-refractivity contribution in [3.63, 3.8) is 0 Å². The third kappa shape index (κ3) is 7.22. The first-order valence-electron chi connectivity index (χ1n) is 9.14. The number of nitrogens with zero attached hydrogens (tertiary/aromatic N) is 3. The number of thioether (sulfide) groups is 1. The van der Waals surface area contributed by atoms with Gasteiger partial charge in [-0.2, -0.15) is 13.2 Å². The van der Waals surface area contributed by atoms with Crippen LogP contribution in [0.3, 0.4) is 0 Å². The molecule has 1 heterocycles. The number of rotatable bonds is 10. The molecule has 0 fully saturated rings. The first-order valence-corrected chi connectivity index (χ1v) is 12.0. The van der Waals surface area contributed by atoms with Crippen molar-refractivity contribution in [2.45, 2.75) is 28.9 Å². The lowest BCUT2D eigenvalue weighted by molar-refractivity contribution is -0.385. The van der Waals surface area contributed by atoms with Crippen LogP contribution in [0.15, 0.2) is 40.3 Å². The topological polar surface area (TPSA) is 105 Å². The molecule has 0 unspecified atom stereocenters. The highest BCUT2D eigenvalue weighted by Gasteiger charge is 2.32. The molecule has 0 saturated heterocycles. The first-order chi connectivity index (χ1) is 14.8. The van der Waals surface area contributed by atoms with E-state index in [9.17, 15) is 31.7 Å². The lowest BCUT2D eigenvalue weighted by Gasteiger charge is -2.16. The SMILES string of the molecule is CN(C)c1cc(C(F)(F)F)cc(SCCCCNS(=O)(=O)c2cc([N+](=O)[O-])ccc2Cl)n1. The van der Waals surface area contributed by atoms with Gasteiger partial charge in [-0.1, -0.05) is 11.6 Å². The normalized spacial score (nSPS) is 12.1. The molecule has 0 amide bonds. The number of halogens is 4. The highest BCUT2D eigenvalue weighted by molar-refractivity contribution is 7.99. The maximum atomic E-state index is 13.1. The second-order valence-electron chi connectivity index (χ2n) is 6.77. The zero-order valence-electron chi connectivity index (χ0n) is 17.0. The van der Waals surface area contributed by atoms with Gasteiger partial charge in [-0.15, -0.1) is 11.8 Å². The summed E-state index contributed by atoms with van der Waals surface area (Å²) >= 11 is 6.99. The van der Waals surface area contributed by atoms with Gasteiger partial charge in [0.05, 0.1) is 20.5 Å². The smallest absolute Gasteiger partial charge is 0.363 e. The maximum Gasteiger partial charge on any atom is 0.416 e. The molecule has 0 aliphatic rings. The van der Waals surface area contributed by atoms with Crippen LogP contribution >= 0.6 is 23.4 Å². The Morgan fingerprint density at radius 3 is 2.50 bits per heavy atom. The maximum absolute atomic E-state index is 13.1. The van der Waals surface area contributed by atoms with Crippen molar-refractivity contribution in [3.05, 3.63) is 51.0 Å². The van der Waals surface area contributed by atoms with Gasteiger partial charge >= 0.3 is 6.18 Å².